The lowest BCUT2D eigenvalue weighted by Crippen LogP contribution is -2.10. The molecule has 0 fully saturated rings. The minimum atomic E-state index is 0.0526. The number of nitrogen functional groups attached to an aromatic ring is 2. The van der Waals surface area contributed by atoms with Gasteiger partial charge in [-0.25, -0.2) is 0 Å². The third-order valence-corrected chi connectivity index (χ3v) is 3.48. The van der Waals surface area contributed by atoms with E-state index in [1.165, 1.54) is 0 Å². The Hall–Kier alpha value is -3.54. The van der Waals surface area contributed by atoms with Crippen LogP contribution < -0.4 is 11.5 Å². The second-order valence-corrected chi connectivity index (χ2v) is 5.42. The lowest BCUT2D eigenvalue weighted by atomic mass is 10.1. The topological polar surface area (TPSA) is 118 Å². The van der Waals surface area contributed by atoms with E-state index < -0.39 is 0 Å². The van der Waals surface area contributed by atoms with Crippen molar-refractivity contribution in [3.63, 3.8) is 0 Å². The van der Waals surface area contributed by atoms with Crippen molar-refractivity contribution in [1.82, 2.24) is 0 Å². The highest BCUT2D eigenvalue weighted by Gasteiger charge is 1.95. The van der Waals surface area contributed by atoms with Crippen molar-refractivity contribution in [3.8, 4) is 0 Å². The average molecular weight is 350 g/mol. The van der Waals surface area contributed by atoms with E-state index in [0.717, 1.165) is 11.1 Å². The number of hydrogen-bond donors (Lipinski definition) is 4. The number of ether oxygens (including phenoxy) is 2. The zero-order valence-corrected chi connectivity index (χ0v) is 14.3. The standard InChI is InChI=1S/C20H22N4O2/c21-19(22)17-5-1-15(2-6-17)9-11-25-13-14-26-12-10-16-3-7-18(8-4-16)20(23)24/h1-12H,13-14H2,(H3,21,22)(H3,23,24)/b11-9+,12-10+. The van der Waals surface area contributed by atoms with Gasteiger partial charge in [0.25, 0.3) is 0 Å². The number of amidine groups is 2. The van der Waals surface area contributed by atoms with Crippen molar-refractivity contribution >= 4 is 23.8 Å². The van der Waals surface area contributed by atoms with E-state index in [1.54, 1.807) is 36.8 Å². The predicted molar refractivity (Wildman–Crippen MR) is 105 cm³/mol. The highest BCUT2D eigenvalue weighted by atomic mass is 16.5. The van der Waals surface area contributed by atoms with Crippen LogP contribution in [0, 0.1) is 10.8 Å². The first-order chi connectivity index (χ1) is 12.6. The van der Waals surface area contributed by atoms with Crippen LogP contribution in [0.4, 0.5) is 0 Å². The van der Waals surface area contributed by atoms with Crippen LogP contribution in [0.2, 0.25) is 0 Å². The minimum Gasteiger partial charge on any atom is -0.498 e. The molecule has 0 saturated carbocycles. The first-order valence-electron chi connectivity index (χ1n) is 8.01. The van der Waals surface area contributed by atoms with Crippen LogP contribution in [-0.2, 0) is 9.47 Å². The fourth-order valence-corrected chi connectivity index (χ4v) is 2.03. The van der Waals surface area contributed by atoms with Gasteiger partial charge in [0.1, 0.15) is 24.9 Å². The predicted octanol–water partition coefficient (Wildman–Crippen LogP) is 2.93. The van der Waals surface area contributed by atoms with Gasteiger partial charge in [0.05, 0.1) is 12.5 Å². The summed E-state index contributed by atoms with van der Waals surface area (Å²) in [5, 5.41) is 14.7. The Morgan fingerprint density at radius 1 is 0.692 bits per heavy atom. The Labute approximate surface area is 152 Å². The molecule has 0 aliphatic carbocycles. The van der Waals surface area contributed by atoms with Crippen LogP contribution in [0.5, 0.6) is 0 Å². The smallest absolute Gasteiger partial charge is 0.122 e. The number of rotatable bonds is 9. The highest BCUT2D eigenvalue weighted by molar-refractivity contribution is 5.95. The summed E-state index contributed by atoms with van der Waals surface area (Å²) in [6, 6.07) is 14.6. The Morgan fingerprint density at radius 2 is 1.04 bits per heavy atom. The van der Waals surface area contributed by atoms with E-state index in [4.69, 9.17) is 31.8 Å². The molecular weight excluding hydrogens is 328 g/mol. The molecule has 6 N–H and O–H groups in total. The number of nitrogens with one attached hydrogen (secondary N) is 2. The molecule has 0 atom stereocenters. The molecule has 0 spiro atoms. The van der Waals surface area contributed by atoms with Crippen molar-refractivity contribution in [2.24, 2.45) is 11.5 Å². The molecule has 0 radical (unpaired) electrons. The molecule has 0 saturated heterocycles. The van der Waals surface area contributed by atoms with E-state index in [0.29, 0.717) is 24.3 Å². The normalized spacial score (nSPS) is 10.9. The fraction of sp³-hybridized carbons (Fsp3) is 0.100. The Balaban J connectivity index is 1.65. The van der Waals surface area contributed by atoms with Gasteiger partial charge in [0.2, 0.25) is 0 Å². The number of nitrogens with two attached hydrogens (primary N) is 2. The van der Waals surface area contributed by atoms with Gasteiger partial charge in [-0.1, -0.05) is 48.5 Å². The molecule has 2 aromatic rings. The van der Waals surface area contributed by atoms with E-state index >= 15 is 0 Å². The van der Waals surface area contributed by atoms with Gasteiger partial charge in [-0.3, -0.25) is 10.8 Å². The maximum atomic E-state index is 7.34. The lowest BCUT2D eigenvalue weighted by molar-refractivity contribution is 0.152. The Bertz CT molecular complexity index is 724. The molecule has 0 aliphatic rings. The first-order valence-corrected chi connectivity index (χ1v) is 8.01. The highest BCUT2D eigenvalue weighted by Crippen LogP contribution is 2.07. The maximum Gasteiger partial charge on any atom is 0.122 e. The van der Waals surface area contributed by atoms with Crippen molar-refractivity contribution in [1.29, 1.82) is 10.8 Å². The van der Waals surface area contributed by atoms with Crippen LogP contribution in [0.15, 0.2) is 61.1 Å². The molecule has 6 heteroatoms. The van der Waals surface area contributed by atoms with Crippen molar-refractivity contribution in [2.45, 2.75) is 0 Å². The van der Waals surface area contributed by atoms with Crippen LogP contribution in [0.3, 0.4) is 0 Å². The van der Waals surface area contributed by atoms with Gasteiger partial charge < -0.3 is 20.9 Å². The third kappa shape index (κ3) is 6.16. The first kappa shape index (κ1) is 18.8. The summed E-state index contributed by atoms with van der Waals surface area (Å²) >= 11 is 0. The summed E-state index contributed by atoms with van der Waals surface area (Å²) in [6.45, 7) is 0.852. The molecule has 0 heterocycles. The zero-order chi connectivity index (χ0) is 18.8. The van der Waals surface area contributed by atoms with E-state index in [9.17, 15) is 0 Å². The molecule has 0 aromatic heterocycles. The maximum absolute atomic E-state index is 7.34. The molecule has 26 heavy (non-hydrogen) atoms. The Morgan fingerprint density at radius 3 is 1.35 bits per heavy atom. The summed E-state index contributed by atoms with van der Waals surface area (Å²) < 4.78 is 10.7. The largest absolute Gasteiger partial charge is 0.498 e. The quantitative estimate of drug-likeness (QED) is 0.241. The van der Waals surface area contributed by atoms with Gasteiger partial charge in [-0.2, -0.15) is 0 Å². The van der Waals surface area contributed by atoms with E-state index in [1.807, 2.05) is 36.4 Å². The SMILES string of the molecule is N=C(N)c1ccc(/C=C/OCCO/C=C/c2ccc(C(=N)N)cc2)cc1. The molecule has 0 amide bonds. The second kappa shape index (κ2) is 9.68. The fourth-order valence-electron chi connectivity index (χ4n) is 2.03. The summed E-state index contributed by atoms with van der Waals surface area (Å²) in [6.07, 6.45) is 6.87. The molecule has 2 rings (SSSR count). The molecule has 134 valence electrons. The van der Waals surface area contributed by atoms with Crippen LogP contribution >= 0.6 is 0 Å². The van der Waals surface area contributed by atoms with Crippen molar-refractivity contribution in [3.05, 3.63) is 83.3 Å². The van der Waals surface area contributed by atoms with Crippen LogP contribution in [0.1, 0.15) is 22.3 Å². The van der Waals surface area contributed by atoms with Gasteiger partial charge >= 0.3 is 0 Å². The van der Waals surface area contributed by atoms with E-state index in [-0.39, 0.29) is 11.7 Å². The summed E-state index contributed by atoms with van der Waals surface area (Å²) in [4.78, 5) is 0. The van der Waals surface area contributed by atoms with Crippen molar-refractivity contribution < 1.29 is 9.47 Å². The number of benzene rings is 2. The molecule has 0 bridgehead atoms. The molecule has 6 nitrogen and oxygen atoms in total. The van der Waals surface area contributed by atoms with Gasteiger partial charge in [-0.15, -0.1) is 0 Å². The van der Waals surface area contributed by atoms with Crippen LogP contribution in [-0.4, -0.2) is 24.9 Å². The molecule has 0 unspecified atom stereocenters. The number of hydrogen-bond acceptors (Lipinski definition) is 4. The second-order valence-electron chi connectivity index (χ2n) is 5.42. The van der Waals surface area contributed by atoms with Gasteiger partial charge in [0.15, 0.2) is 0 Å². The molecule has 2 aromatic carbocycles. The average Bonchev–Trinajstić information content (AvgIpc) is 2.64. The van der Waals surface area contributed by atoms with E-state index in [2.05, 4.69) is 0 Å². The summed E-state index contributed by atoms with van der Waals surface area (Å²) in [5.41, 5.74) is 14.1. The minimum absolute atomic E-state index is 0.0526. The lowest BCUT2D eigenvalue weighted by Gasteiger charge is -2.02. The van der Waals surface area contributed by atoms with Crippen LogP contribution in [0.25, 0.3) is 12.2 Å². The third-order valence-electron chi connectivity index (χ3n) is 3.48. The van der Waals surface area contributed by atoms with Gasteiger partial charge in [0, 0.05) is 11.1 Å². The molecular formula is C20H22N4O2. The zero-order valence-electron chi connectivity index (χ0n) is 14.3. The monoisotopic (exact) mass is 350 g/mol. The summed E-state index contributed by atoms with van der Waals surface area (Å²) in [5.74, 6) is 0.105. The molecule has 0 aliphatic heterocycles. The Kier molecular flexibility index (Phi) is 7.00. The van der Waals surface area contributed by atoms with Crippen molar-refractivity contribution in [2.75, 3.05) is 13.2 Å². The summed E-state index contributed by atoms with van der Waals surface area (Å²) in [7, 11) is 0. The van der Waals surface area contributed by atoms with Gasteiger partial charge in [-0.05, 0) is 23.3 Å².